The predicted octanol–water partition coefficient (Wildman–Crippen LogP) is 7.12. The Morgan fingerprint density at radius 2 is 1.97 bits per heavy atom. The Labute approximate surface area is 184 Å². The topological polar surface area (TPSA) is 55.8 Å². The van der Waals surface area contributed by atoms with Crippen LogP contribution in [0.1, 0.15) is 110 Å². The van der Waals surface area contributed by atoms with Gasteiger partial charge in [0.15, 0.2) is 12.4 Å². The smallest absolute Gasteiger partial charge is 0.332 e. The molecule has 0 aromatic carbocycles. The van der Waals surface area contributed by atoms with Crippen LogP contribution in [0.15, 0.2) is 12.2 Å². The van der Waals surface area contributed by atoms with Crippen LogP contribution < -0.4 is 0 Å². The first-order valence-electron chi connectivity index (χ1n) is 12.8. The van der Waals surface area contributed by atoms with Crippen LogP contribution in [0.5, 0.6) is 0 Å². The highest BCUT2D eigenvalue weighted by atomic mass is 16.7. The van der Waals surface area contributed by atoms with Crippen molar-refractivity contribution < 1.29 is 19.4 Å². The Bertz CT molecular complexity index is 483. The van der Waals surface area contributed by atoms with Crippen molar-refractivity contribution in [2.45, 2.75) is 123 Å². The molecule has 1 aliphatic heterocycles. The molecule has 2 fully saturated rings. The maximum Gasteiger partial charge on any atom is 0.332 e. The van der Waals surface area contributed by atoms with E-state index in [1.807, 2.05) is 0 Å². The molecule has 30 heavy (non-hydrogen) atoms. The van der Waals surface area contributed by atoms with E-state index in [1.54, 1.807) is 0 Å². The Balaban J connectivity index is 1.60. The minimum atomic E-state index is -0.849. The van der Waals surface area contributed by atoms with Crippen molar-refractivity contribution in [3.63, 3.8) is 0 Å². The van der Waals surface area contributed by atoms with E-state index < -0.39 is 12.1 Å². The third kappa shape index (κ3) is 9.96. The summed E-state index contributed by atoms with van der Waals surface area (Å²) in [7, 11) is 0. The van der Waals surface area contributed by atoms with Crippen LogP contribution in [0, 0.1) is 17.8 Å². The average molecular weight is 423 g/mol. The van der Waals surface area contributed by atoms with Crippen LogP contribution in [0.25, 0.3) is 0 Å². The SMILES string of the molecule is CCCCC(C)CC=C[C@H]1CCC[C@@H]1CCCCCC(OC1CCCCO1)C(=O)O. The van der Waals surface area contributed by atoms with Crippen LogP contribution in [-0.4, -0.2) is 30.1 Å². The van der Waals surface area contributed by atoms with Gasteiger partial charge < -0.3 is 14.6 Å². The molecule has 5 atom stereocenters. The minimum absolute atomic E-state index is 0.324. The fourth-order valence-electron chi connectivity index (χ4n) is 5.00. The van der Waals surface area contributed by atoms with E-state index in [0.29, 0.717) is 13.0 Å². The first-order chi connectivity index (χ1) is 14.6. The molecule has 0 bridgehead atoms. The zero-order chi connectivity index (χ0) is 21.6. The Morgan fingerprint density at radius 3 is 2.70 bits per heavy atom. The molecule has 1 saturated heterocycles. The second-order valence-electron chi connectivity index (χ2n) is 9.66. The van der Waals surface area contributed by atoms with Crippen LogP contribution in [0.4, 0.5) is 0 Å². The highest BCUT2D eigenvalue weighted by Crippen LogP contribution is 2.36. The number of hydrogen-bond donors (Lipinski definition) is 1. The largest absolute Gasteiger partial charge is 0.479 e. The third-order valence-electron chi connectivity index (χ3n) is 6.96. The van der Waals surface area contributed by atoms with E-state index in [1.165, 1.54) is 57.8 Å². The number of hydrogen-bond acceptors (Lipinski definition) is 3. The van der Waals surface area contributed by atoms with Crippen molar-refractivity contribution in [3.8, 4) is 0 Å². The van der Waals surface area contributed by atoms with Gasteiger partial charge in [0.05, 0.1) is 0 Å². The monoisotopic (exact) mass is 422 g/mol. The molecular formula is C26H46O4. The molecule has 0 aromatic rings. The molecule has 2 rings (SSSR count). The molecule has 1 N–H and O–H groups in total. The fraction of sp³-hybridized carbons (Fsp3) is 0.885. The molecule has 4 heteroatoms. The number of carboxylic acids is 1. The van der Waals surface area contributed by atoms with Crippen molar-refractivity contribution in [2.75, 3.05) is 6.61 Å². The summed E-state index contributed by atoms with van der Waals surface area (Å²) >= 11 is 0. The van der Waals surface area contributed by atoms with E-state index in [9.17, 15) is 9.90 Å². The molecule has 0 spiro atoms. The lowest BCUT2D eigenvalue weighted by Crippen LogP contribution is -2.32. The number of ether oxygens (including phenoxy) is 2. The molecule has 1 aliphatic carbocycles. The van der Waals surface area contributed by atoms with Gasteiger partial charge in [-0.3, -0.25) is 0 Å². The number of aliphatic carboxylic acids is 1. The number of carbonyl (C=O) groups is 1. The zero-order valence-corrected chi connectivity index (χ0v) is 19.5. The third-order valence-corrected chi connectivity index (χ3v) is 6.96. The van der Waals surface area contributed by atoms with Crippen LogP contribution in [-0.2, 0) is 14.3 Å². The quantitative estimate of drug-likeness (QED) is 0.225. The number of carboxylic acid groups (broad SMARTS) is 1. The first kappa shape index (κ1) is 25.4. The zero-order valence-electron chi connectivity index (χ0n) is 19.5. The summed E-state index contributed by atoms with van der Waals surface area (Å²) in [6, 6.07) is 0. The maximum atomic E-state index is 11.5. The fourth-order valence-corrected chi connectivity index (χ4v) is 5.00. The van der Waals surface area contributed by atoms with Gasteiger partial charge in [0.2, 0.25) is 0 Å². The summed E-state index contributed by atoms with van der Waals surface area (Å²) in [6.45, 7) is 5.33. The molecule has 1 saturated carbocycles. The highest BCUT2D eigenvalue weighted by Gasteiger charge is 2.26. The van der Waals surface area contributed by atoms with Gasteiger partial charge >= 0.3 is 5.97 Å². The van der Waals surface area contributed by atoms with Gasteiger partial charge in [0.25, 0.3) is 0 Å². The van der Waals surface area contributed by atoms with Gasteiger partial charge in [0.1, 0.15) is 0 Å². The molecule has 0 aromatic heterocycles. The Morgan fingerprint density at radius 1 is 1.10 bits per heavy atom. The summed E-state index contributed by atoms with van der Waals surface area (Å²) < 4.78 is 11.2. The number of unbranched alkanes of at least 4 members (excludes halogenated alkanes) is 3. The van der Waals surface area contributed by atoms with Crippen molar-refractivity contribution in [2.24, 2.45) is 17.8 Å². The predicted molar refractivity (Wildman–Crippen MR) is 122 cm³/mol. The molecule has 2 aliphatic rings. The van der Waals surface area contributed by atoms with Gasteiger partial charge in [0, 0.05) is 6.61 Å². The standard InChI is InChI=1S/C26H46O4/c1-3-4-12-21(2)13-10-15-23-17-11-16-22(23)14-6-5-7-18-24(26(27)28)30-25-19-8-9-20-29-25/h10,15,21-25H,3-9,11-14,16-20H2,1-2H3,(H,27,28)/t21?,22-,23-,24?,25?/m0/s1. The van der Waals surface area contributed by atoms with E-state index >= 15 is 0 Å². The summed E-state index contributed by atoms with van der Waals surface area (Å²) in [4.78, 5) is 11.5. The molecular weight excluding hydrogens is 376 g/mol. The van der Waals surface area contributed by atoms with Crippen molar-refractivity contribution in [1.29, 1.82) is 0 Å². The maximum absolute atomic E-state index is 11.5. The average Bonchev–Trinajstić information content (AvgIpc) is 3.19. The van der Waals surface area contributed by atoms with E-state index in [-0.39, 0.29) is 6.29 Å². The van der Waals surface area contributed by atoms with Crippen molar-refractivity contribution in [1.82, 2.24) is 0 Å². The van der Waals surface area contributed by atoms with Gasteiger partial charge in [-0.05, 0) is 69.1 Å². The number of rotatable bonds is 15. The lowest BCUT2D eigenvalue weighted by molar-refractivity contribution is -0.201. The second kappa shape index (κ2) is 15.0. The molecule has 0 amide bonds. The lowest BCUT2D eigenvalue weighted by Gasteiger charge is -2.26. The molecule has 174 valence electrons. The van der Waals surface area contributed by atoms with Crippen LogP contribution in [0.3, 0.4) is 0 Å². The molecule has 0 radical (unpaired) electrons. The highest BCUT2D eigenvalue weighted by molar-refractivity contribution is 5.72. The van der Waals surface area contributed by atoms with E-state index in [4.69, 9.17) is 9.47 Å². The summed E-state index contributed by atoms with van der Waals surface area (Å²) in [5, 5.41) is 9.45. The summed E-state index contributed by atoms with van der Waals surface area (Å²) in [5.41, 5.74) is 0. The minimum Gasteiger partial charge on any atom is -0.479 e. The second-order valence-corrected chi connectivity index (χ2v) is 9.66. The summed E-state index contributed by atoms with van der Waals surface area (Å²) in [5.74, 6) is 1.55. The van der Waals surface area contributed by atoms with Crippen molar-refractivity contribution >= 4 is 5.97 Å². The Kier molecular flexibility index (Phi) is 12.7. The molecule has 3 unspecified atom stereocenters. The van der Waals surface area contributed by atoms with Gasteiger partial charge in [-0.2, -0.15) is 0 Å². The molecule has 1 heterocycles. The van der Waals surface area contributed by atoms with E-state index in [0.717, 1.165) is 49.9 Å². The normalized spacial score (nSPS) is 26.8. The van der Waals surface area contributed by atoms with Crippen LogP contribution >= 0.6 is 0 Å². The Hall–Kier alpha value is -0.870. The lowest BCUT2D eigenvalue weighted by atomic mass is 9.89. The van der Waals surface area contributed by atoms with Gasteiger partial charge in [-0.25, -0.2) is 4.79 Å². The van der Waals surface area contributed by atoms with Gasteiger partial charge in [-0.15, -0.1) is 0 Å². The molecule has 4 nitrogen and oxygen atoms in total. The van der Waals surface area contributed by atoms with Crippen molar-refractivity contribution in [3.05, 3.63) is 12.2 Å². The first-order valence-corrected chi connectivity index (χ1v) is 12.8. The number of allylic oxidation sites excluding steroid dienone is 2. The van der Waals surface area contributed by atoms with Crippen LogP contribution in [0.2, 0.25) is 0 Å². The van der Waals surface area contributed by atoms with Gasteiger partial charge in [-0.1, -0.05) is 70.9 Å². The summed E-state index contributed by atoms with van der Waals surface area (Å²) in [6.07, 6.45) is 21.2. The van der Waals surface area contributed by atoms with E-state index in [2.05, 4.69) is 26.0 Å².